The smallest absolute Gasteiger partial charge is 0.414 e. The molecule has 102 valence electrons. The molecule has 0 radical (unpaired) electrons. The van der Waals surface area contributed by atoms with Crippen molar-refractivity contribution in [1.29, 1.82) is 0 Å². The van der Waals surface area contributed by atoms with Gasteiger partial charge < -0.3 is 15.2 Å². The molecule has 1 heterocycles. The molecule has 0 saturated heterocycles. The number of anilines is 1. The third-order valence-electron chi connectivity index (χ3n) is 2.12. The van der Waals surface area contributed by atoms with Crippen molar-refractivity contribution in [3.63, 3.8) is 0 Å². The SMILES string of the molecule is COc1cc(C)nc(NCCC(O)C(F)(F)F)n1. The number of nitrogens with one attached hydrogen (secondary N) is 1. The van der Waals surface area contributed by atoms with Crippen molar-refractivity contribution in [2.24, 2.45) is 0 Å². The maximum absolute atomic E-state index is 12.0. The number of halogens is 3. The Morgan fingerprint density at radius 2 is 2.11 bits per heavy atom. The van der Waals surface area contributed by atoms with Gasteiger partial charge in [0.1, 0.15) is 0 Å². The van der Waals surface area contributed by atoms with Crippen LogP contribution in [-0.4, -0.2) is 41.0 Å². The summed E-state index contributed by atoms with van der Waals surface area (Å²) in [7, 11) is 1.43. The van der Waals surface area contributed by atoms with E-state index >= 15 is 0 Å². The highest BCUT2D eigenvalue weighted by atomic mass is 19.4. The Balaban J connectivity index is 2.51. The maximum atomic E-state index is 12.0. The van der Waals surface area contributed by atoms with Crippen molar-refractivity contribution >= 4 is 5.95 Å². The normalized spacial score (nSPS) is 13.2. The number of rotatable bonds is 5. The first-order valence-corrected chi connectivity index (χ1v) is 5.21. The lowest BCUT2D eigenvalue weighted by Crippen LogP contribution is -2.30. The van der Waals surface area contributed by atoms with Gasteiger partial charge in [0.25, 0.3) is 0 Å². The Hall–Kier alpha value is -1.57. The van der Waals surface area contributed by atoms with E-state index in [1.807, 2.05) is 0 Å². The Kier molecular flexibility index (Phi) is 4.71. The summed E-state index contributed by atoms with van der Waals surface area (Å²) in [6, 6.07) is 1.59. The van der Waals surface area contributed by atoms with Gasteiger partial charge in [0.15, 0.2) is 6.10 Å². The van der Waals surface area contributed by atoms with Crippen molar-refractivity contribution in [2.75, 3.05) is 19.0 Å². The predicted octanol–water partition coefficient (Wildman–Crippen LogP) is 1.52. The molecule has 0 bridgehead atoms. The number of hydrogen-bond donors (Lipinski definition) is 2. The number of methoxy groups -OCH3 is 1. The molecule has 8 heteroatoms. The van der Waals surface area contributed by atoms with Crippen LogP contribution < -0.4 is 10.1 Å². The lowest BCUT2D eigenvalue weighted by atomic mass is 10.2. The van der Waals surface area contributed by atoms with E-state index in [1.54, 1.807) is 13.0 Å². The fourth-order valence-corrected chi connectivity index (χ4v) is 1.21. The monoisotopic (exact) mass is 265 g/mol. The predicted molar refractivity (Wildman–Crippen MR) is 58.5 cm³/mol. The molecule has 5 nitrogen and oxygen atoms in total. The molecule has 1 atom stereocenters. The fourth-order valence-electron chi connectivity index (χ4n) is 1.21. The average Bonchev–Trinajstić information content (AvgIpc) is 2.26. The van der Waals surface area contributed by atoms with Gasteiger partial charge in [-0.15, -0.1) is 0 Å². The zero-order chi connectivity index (χ0) is 13.8. The molecule has 0 aromatic carbocycles. The number of aromatic nitrogens is 2. The number of aliphatic hydroxyl groups is 1. The molecule has 0 fully saturated rings. The summed E-state index contributed by atoms with van der Waals surface area (Å²) in [5.41, 5.74) is 0.626. The van der Waals surface area contributed by atoms with Crippen LogP contribution in [0, 0.1) is 6.92 Å². The van der Waals surface area contributed by atoms with Gasteiger partial charge >= 0.3 is 6.18 Å². The second kappa shape index (κ2) is 5.85. The third kappa shape index (κ3) is 4.36. The molecule has 0 aliphatic heterocycles. The molecule has 2 N–H and O–H groups in total. The lowest BCUT2D eigenvalue weighted by molar-refractivity contribution is -0.204. The summed E-state index contributed by atoms with van der Waals surface area (Å²) in [5.74, 6) is 0.489. The van der Waals surface area contributed by atoms with Crippen LogP contribution in [0.3, 0.4) is 0 Å². The number of hydrogen-bond acceptors (Lipinski definition) is 5. The minimum absolute atomic E-state index is 0.0900. The van der Waals surface area contributed by atoms with Crippen LogP contribution in [0.25, 0.3) is 0 Å². The van der Waals surface area contributed by atoms with Crippen molar-refractivity contribution in [1.82, 2.24) is 9.97 Å². The molecule has 1 aromatic rings. The minimum atomic E-state index is -4.60. The number of ether oxygens (including phenoxy) is 1. The Bertz CT molecular complexity index is 398. The molecule has 18 heavy (non-hydrogen) atoms. The van der Waals surface area contributed by atoms with E-state index in [-0.39, 0.29) is 12.5 Å². The summed E-state index contributed by atoms with van der Waals surface area (Å²) in [6.07, 6.45) is -7.42. The summed E-state index contributed by atoms with van der Waals surface area (Å²) < 4.78 is 41.0. The molecule has 0 aliphatic rings. The van der Waals surface area contributed by atoms with Crippen LogP contribution in [0.15, 0.2) is 6.07 Å². The number of aliphatic hydroxyl groups excluding tert-OH is 1. The van der Waals surface area contributed by atoms with Gasteiger partial charge in [-0.1, -0.05) is 0 Å². The molecule has 0 spiro atoms. The van der Waals surface area contributed by atoms with E-state index in [2.05, 4.69) is 15.3 Å². The maximum Gasteiger partial charge on any atom is 0.414 e. The first-order valence-electron chi connectivity index (χ1n) is 5.21. The van der Waals surface area contributed by atoms with Gasteiger partial charge in [0, 0.05) is 18.3 Å². The zero-order valence-electron chi connectivity index (χ0n) is 9.95. The topological polar surface area (TPSA) is 67.3 Å². The zero-order valence-corrected chi connectivity index (χ0v) is 9.95. The Morgan fingerprint density at radius 3 is 2.67 bits per heavy atom. The molecule has 1 rings (SSSR count). The second-order valence-electron chi connectivity index (χ2n) is 3.65. The number of alkyl halides is 3. The molecule has 1 aromatic heterocycles. The molecular formula is C10H14F3N3O2. The van der Waals surface area contributed by atoms with Crippen LogP contribution >= 0.6 is 0 Å². The highest BCUT2D eigenvalue weighted by Gasteiger charge is 2.37. The fraction of sp³-hybridized carbons (Fsp3) is 0.600. The molecular weight excluding hydrogens is 251 g/mol. The summed E-state index contributed by atoms with van der Waals surface area (Å²) >= 11 is 0. The van der Waals surface area contributed by atoms with Gasteiger partial charge in [-0.3, -0.25) is 0 Å². The average molecular weight is 265 g/mol. The number of nitrogens with zero attached hydrogens (tertiary/aromatic N) is 2. The van der Waals surface area contributed by atoms with Gasteiger partial charge in [0.05, 0.1) is 7.11 Å². The van der Waals surface area contributed by atoms with Crippen LogP contribution in [0.5, 0.6) is 5.88 Å². The summed E-state index contributed by atoms with van der Waals surface area (Å²) in [4.78, 5) is 7.88. The Labute approximate surface area is 102 Å². The van der Waals surface area contributed by atoms with E-state index in [4.69, 9.17) is 9.84 Å². The van der Waals surface area contributed by atoms with E-state index in [0.717, 1.165) is 0 Å². The van der Waals surface area contributed by atoms with Gasteiger partial charge in [-0.25, -0.2) is 4.98 Å². The standard InChI is InChI=1S/C10H14F3N3O2/c1-6-5-8(18-2)16-9(15-6)14-4-3-7(17)10(11,12)13/h5,7,17H,3-4H2,1-2H3,(H,14,15,16). The molecule has 0 aliphatic carbocycles. The van der Waals surface area contributed by atoms with Crippen molar-refractivity contribution < 1.29 is 23.0 Å². The largest absolute Gasteiger partial charge is 0.481 e. The van der Waals surface area contributed by atoms with Crippen molar-refractivity contribution in [3.8, 4) is 5.88 Å². The van der Waals surface area contributed by atoms with E-state index in [9.17, 15) is 13.2 Å². The minimum Gasteiger partial charge on any atom is -0.481 e. The van der Waals surface area contributed by atoms with E-state index in [0.29, 0.717) is 11.6 Å². The van der Waals surface area contributed by atoms with Crippen molar-refractivity contribution in [3.05, 3.63) is 11.8 Å². The van der Waals surface area contributed by atoms with Gasteiger partial charge in [0.2, 0.25) is 11.8 Å². The van der Waals surface area contributed by atoms with Crippen LogP contribution in [0.2, 0.25) is 0 Å². The third-order valence-corrected chi connectivity index (χ3v) is 2.12. The second-order valence-corrected chi connectivity index (χ2v) is 3.65. The summed E-state index contributed by atoms with van der Waals surface area (Å²) in [6.45, 7) is 1.62. The first kappa shape index (κ1) is 14.5. The summed E-state index contributed by atoms with van der Waals surface area (Å²) in [5, 5.41) is 11.4. The van der Waals surface area contributed by atoms with E-state index < -0.39 is 18.7 Å². The lowest BCUT2D eigenvalue weighted by Gasteiger charge is -2.14. The van der Waals surface area contributed by atoms with Gasteiger partial charge in [-0.05, 0) is 13.3 Å². The van der Waals surface area contributed by atoms with Crippen LogP contribution in [0.4, 0.5) is 19.1 Å². The quantitative estimate of drug-likeness (QED) is 0.845. The van der Waals surface area contributed by atoms with Gasteiger partial charge in [-0.2, -0.15) is 18.2 Å². The molecule has 1 unspecified atom stereocenters. The molecule has 0 amide bonds. The highest BCUT2D eigenvalue weighted by molar-refractivity contribution is 5.30. The van der Waals surface area contributed by atoms with Crippen LogP contribution in [0.1, 0.15) is 12.1 Å². The number of aryl methyl sites for hydroxylation is 1. The van der Waals surface area contributed by atoms with Crippen LogP contribution in [-0.2, 0) is 0 Å². The Morgan fingerprint density at radius 1 is 1.44 bits per heavy atom. The first-order chi connectivity index (χ1) is 8.32. The highest BCUT2D eigenvalue weighted by Crippen LogP contribution is 2.22. The molecule has 0 saturated carbocycles. The van der Waals surface area contributed by atoms with Crippen molar-refractivity contribution in [2.45, 2.75) is 25.6 Å². The van der Waals surface area contributed by atoms with E-state index in [1.165, 1.54) is 7.11 Å².